The Morgan fingerprint density at radius 2 is 1.82 bits per heavy atom. The zero-order valence-corrected chi connectivity index (χ0v) is 25.4. The number of benzene rings is 3. The fraction of sp³-hybridized carbons (Fsp3) is 0.355. The fourth-order valence-electron chi connectivity index (χ4n) is 5.33. The highest BCUT2D eigenvalue weighted by molar-refractivity contribution is 6.31. The van der Waals surface area contributed by atoms with Crippen LogP contribution in [0.15, 0.2) is 59.7 Å². The number of methoxy groups -OCH3 is 2. The number of epoxide rings is 1. The van der Waals surface area contributed by atoms with Crippen molar-refractivity contribution in [2.24, 2.45) is 5.10 Å². The van der Waals surface area contributed by atoms with Crippen LogP contribution in [0.3, 0.4) is 0 Å². The van der Waals surface area contributed by atoms with Crippen molar-refractivity contribution in [1.29, 1.82) is 0 Å². The van der Waals surface area contributed by atoms with Crippen LogP contribution >= 0.6 is 11.6 Å². The molecule has 0 saturated carbocycles. The Morgan fingerprint density at radius 1 is 1.05 bits per heavy atom. The van der Waals surface area contributed by atoms with E-state index in [0.717, 1.165) is 22.4 Å². The number of hydrazone groups is 1. The number of carbonyl (C=O) groups is 3. The summed E-state index contributed by atoms with van der Waals surface area (Å²) in [4.78, 5) is 41.5. The Morgan fingerprint density at radius 3 is 2.55 bits per heavy atom. The lowest BCUT2D eigenvalue weighted by Gasteiger charge is -2.36. The molecule has 3 aliphatic rings. The maximum absolute atomic E-state index is 14.3. The molecule has 3 amide bonds. The molecule has 3 aromatic rings. The van der Waals surface area contributed by atoms with Crippen molar-refractivity contribution in [3.05, 3.63) is 70.7 Å². The number of urea groups is 1. The van der Waals surface area contributed by atoms with Gasteiger partial charge >= 0.3 is 18.1 Å². The molecule has 1 aliphatic carbocycles. The summed E-state index contributed by atoms with van der Waals surface area (Å²) in [5, 5.41) is 7.21. The van der Waals surface area contributed by atoms with E-state index < -0.39 is 48.6 Å². The molecule has 0 radical (unpaired) electrons. The highest BCUT2D eigenvalue weighted by Gasteiger charge is 2.55. The number of rotatable bonds is 5. The predicted molar refractivity (Wildman–Crippen MR) is 159 cm³/mol. The van der Waals surface area contributed by atoms with Gasteiger partial charge in [-0.15, -0.1) is 0 Å². The smallest absolute Gasteiger partial charge is 0.422 e. The van der Waals surface area contributed by atoms with Gasteiger partial charge in [0.1, 0.15) is 23.9 Å². The van der Waals surface area contributed by atoms with E-state index in [-0.39, 0.29) is 23.6 Å². The number of carbonyl (C=O) groups excluding carboxylic acids is 3. The van der Waals surface area contributed by atoms with Crippen molar-refractivity contribution in [2.75, 3.05) is 25.9 Å². The largest absolute Gasteiger partial charge is 0.467 e. The van der Waals surface area contributed by atoms with Crippen LogP contribution < -0.4 is 9.64 Å². The molecular weight excluding hydrogens is 594 g/mol. The van der Waals surface area contributed by atoms with Gasteiger partial charge in [0.25, 0.3) is 6.29 Å². The minimum absolute atomic E-state index is 0.105. The van der Waals surface area contributed by atoms with Crippen molar-refractivity contribution in [3.63, 3.8) is 0 Å². The lowest BCUT2D eigenvalue weighted by molar-refractivity contribution is -0.165. The molecule has 3 unspecified atom stereocenters. The van der Waals surface area contributed by atoms with Gasteiger partial charge in [0, 0.05) is 22.4 Å². The van der Waals surface area contributed by atoms with E-state index >= 15 is 0 Å². The number of esters is 1. The molecule has 2 heterocycles. The Labute approximate surface area is 257 Å². The first-order valence-corrected chi connectivity index (χ1v) is 14.1. The minimum Gasteiger partial charge on any atom is -0.467 e. The second kappa shape index (κ2) is 11.0. The summed E-state index contributed by atoms with van der Waals surface area (Å²) in [6.07, 6.45) is -2.30. The van der Waals surface area contributed by atoms with Gasteiger partial charge in [-0.05, 0) is 49.9 Å². The van der Waals surface area contributed by atoms with E-state index in [2.05, 4.69) is 5.10 Å². The molecule has 230 valence electrons. The van der Waals surface area contributed by atoms with Crippen molar-refractivity contribution in [3.8, 4) is 5.75 Å². The average Bonchev–Trinajstić information content (AvgIpc) is 3.62. The normalized spacial score (nSPS) is 22.0. The molecule has 0 N–H and O–H groups in total. The van der Waals surface area contributed by atoms with Gasteiger partial charge < -0.3 is 28.4 Å². The summed E-state index contributed by atoms with van der Waals surface area (Å²) in [7, 11) is 2.40. The van der Waals surface area contributed by atoms with Gasteiger partial charge in [0.05, 0.1) is 19.8 Å². The van der Waals surface area contributed by atoms with E-state index in [0.29, 0.717) is 21.5 Å². The van der Waals surface area contributed by atoms with Gasteiger partial charge in [-0.25, -0.2) is 14.4 Å². The lowest BCUT2D eigenvalue weighted by Crippen LogP contribution is -2.56. The molecule has 1 fully saturated rings. The number of fused-ring (bicyclic) bond motifs is 4. The highest BCUT2D eigenvalue weighted by Crippen LogP contribution is 2.43. The van der Waals surface area contributed by atoms with Crippen LogP contribution in [0.25, 0.3) is 10.8 Å². The minimum atomic E-state index is -1.59. The van der Waals surface area contributed by atoms with Crippen LogP contribution in [0.2, 0.25) is 5.02 Å². The molecular formula is C31H30ClN3O9. The van der Waals surface area contributed by atoms with E-state index in [9.17, 15) is 14.4 Å². The first-order valence-electron chi connectivity index (χ1n) is 13.8. The number of imide groups is 1. The van der Waals surface area contributed by atoms with Crippen LogP contribution in [0.5, 0.6) is 5.75 Å². The molecule has 44 heavy (non-hydrogen) atoms. The molecule has 0 aromatic heterocycles. The maximum atomic E-state index is 14.3. The standard InChI is InChI=1S/C31H30ClN3O9/c1-30(2,3)44-26-25(43-26)42-22-13-10-17-8-6-7-9-20(17)23(22)35(29(38)40-5)28(37)34-16-41-31(27(36)39-4)15-18-14-19(32)11-12-21(18)24(31)33-34/h6-14,25-26H,15-16H2,1-5H3. The molecule has 12 nitrogen and oxygen atoms in total. The number of hydrogen-bond acceptors (Lipinski definition) is 10. The molecule has 6 rings (SSSR count). The van der Waals surface area contributed by atoms with Crippen LogP contribution in [0, 0.1) is 0 Å². The summed E-state index contributed by atoms with van der Waals surface area (Å²) in [5.74, 6) is -0.510. The quantitative estimate of drug-likeness (QED) is 0.277. The maximum Gasteiger partial charge on any atom is 0.422 e. The summed E-state index contributed by atoms with van der Waals surface area (Å²) < 4.78 is 33.7. The van der Waals surface area contributed by atoms with Gasteiger partial charge in [0.15, 0.2) is 0 Å². The van der Waals surface area contributed by atoms with Crippen LogP contribution in [0.4, 0.5) is 15.3 Å². The molecule has 1 saturated heterocycles. The molecule has 13 heteroatoms. The Kier molecular flexibility index (Phi) is 7.49. The van der Waals surface area contributed by atoms with E-state index in [1.54, 1.807) is 42.5 Å². The van der Waals surface area contributed by atoms with Gasteiger partial charge in [0.2, 0.25) is 11.9 Å². The van der Waals surface area contributed by atoms with Gasteiger partial charge in [-0.3, -0.25) is 0 Å². The SMILES string of the molecule is COC(=O)N(C(=O)N1COC2(C(=O)OC)Cc3cc(Cl)ccc3C2=N1)c1c(OC2OC2OC(C)(C)C)ccc2ccccc12. The third-order valence-electron chi connectivity index (χ3n) is 7.30. The van der Waals surface area contributed by atoms with Gasteiger partial charge in [-0.1, -0.05) is 48.0 Å². The summed E-state index contributed by atoms with van der Waals surface area (Å²) in [5.41, 5.74) is -0.556. The van der Waals surface area contributed by atoms with E-state index in [1.807, 2.05) is 32.9 Å². The monoisotopic (exact) mass is 623 g/mol. The van der Waals surface area contributed by atoms with E-state index in [1.165, 1.54) is 7.11 Å². The number of halogens is 1. The number of hydrogen-bond donors (Lipinski definition) is 0. The number of anilines is 1. The van der Waals surface area contributed by atoms with E-state index in [4.69, 9.17) is 40.0 Å². The second-order valence-corrected chi connectivity index (χ2v) is 11.8. The van der Waals surface area contributed by atoms with Crippen LogP contribution in [-0.4, -0.2) is 73.5 Å². The molecule has 3 atom stereocenters. The Balaban J connectivity index is 1.42. The molecule has 0 spiro atoms. The summed E-state index contributed by atoms with van der Waals surface area (Å²) in [6.45, 7) is 5.19. The zero-order valence-electron chi connectivity index (χ0n) is 24.7. The lowest BCUT2D eigenvalue weighted by atomic mass is 9.97. The molecule has 3 aromatic carbocycles. The number of amides is 3. The number of ether oxygens (including phenoxy) is 6. The predicted octanol–water partition coefficient (Wildman–Crippen LogP) is 5.22. The van der Waals surface area contributed by atoms with Crippen molar-refractivity contribution in [2.45, 2.75) is 51.0 Å². The Bertz CT molecular complexity index is 1700. The summed E-state index contributed by atoms with van der Waals surface area (Å²) >= 11 is 6.21. The summed E-state index contributed by atoms with van der Waals surface area (Å²) in [6, 6.07) is 14.7. The zero-order chi connectivity index (χ0) is 31.4. The fourth-order valence-corrected chi connectivity index (χ4v) is 5.53. The molecule has 0 bridgehead atoms. The third kappa shape index (κ3) is 5.23. The second-order valence-electron chi connectivity index (χ2n) is 11.4. The third-order valence-corrected chi connectivity index (χ3v) is 7.53. The Hall–Kier alpha value is -4.23. The molecule has 2 aliphatic heterocycles. The highest BCUT2D eigenvalue weighted by atomic mass is 35.5. The van der Waals surface area contributed by atoms with Crippen molar-refractivity contribution < 1.29 is 42.8 Å². The first-order chi connectivity index (χ1) is 21.0. The van der Waals surface area contributed by atoms with Crippen LogP contribution in [0.1, 0.15) is 31.9 Å². The van der Waals surface area contributed by atoms with Crippen molar-refractivity contribution >= 4 is 51.9 Å². The topological polar surface area (TPSA) is 129 Å². The van der Waals surface area contributed by atoms with Crippen molar-refractivity contribution in [1.82, 2.24) is 5.01 Å². The first kappa shape index (κ1) is 29.8. The number of nitrogens with zero attached hydrogens (tertiary/aromatic N) is 3. The van der Waals surface area contributed by atoms with Gasteiger partial charge in [-0.2, -0.15) is 15.0 Å². The average molecular weight is 624 g/mol. The van der Waals surface area contributed by atoms with Crippen LogP contribution in [-0.2, 0) is 34.9 Å².